The molecule has 0 aliphatic carbocycles. The number of benzene rings is 1. The summed E-state index contributed by atoms with van der Waals surface area (Å²) in [5.41, 5.74) is 8.02. The molecule has 0 unspecified atom stereocenters. The molecule has 20 heavy (non-hydrogen) atoms. The van der Waals surface area contributed by atoms with Crippen molar-refractivity contribution >= 4 is 27.6 Å². The number of nitrogen functional groups attached to an aromatic ring is 1. The van der Waals surface area contributed by atoms with Gasteiger partial charge >= 0.3 is 5.97 Å². The van der Waals surface area contributed by atoms with Crippen molar-refractivity contribution in [3.05, 3.63) is 39.6 Å². The van der Waals surface area contributed by atoms with E-state index in [-0.39, 0.29) is 12.2 Å². The number of carboxylic acid groups (broad SMARTS) is 1. The number of aryl methyl sites for hydroxylation is 2. The average Bonchev–Trinajstić information content (AvgIpc) is 2.63. The highest BCUT2D eigenvalue weighted by molar-refractivity contribution is 9.10. The third kappa shape index (κ3) is 2.77. The molecule has 1 aromatic carbocycles. The van der Waals surface area contributed by atoms with E-state index in [1.807, 2.05) is 14.0 Å². The summed E-state index contributed by atoms with van der Waals surface area (Å²) < 4.78 is 8.18. The van der Waals surface area contributed by atoms with Crippen LogP contribution in [-0.2, 0) is 13.7 Å². The first kappa shape index (κ1) is 14.4. The van der Waals surface area contributed by atoms with Crippen molar-refractivity contribution in [3.63, 3.8) is 0 Å². The SMILES string of the molecule is Cc1nn(C)c(COc2cc(C(=O)O)ccc2N)c1Br. The zero-order chi connectivity index (χ0) is 14.9. The zero-order valence-corrected chi connectivity index (χ0v) is 12.6. The zero-order valence-electron chi connectivity index (χ0n) is 11.1. The molecule has 0 aliphatic rings. The largest absolute Gasteiger partial charge is 0.485 e. The quantitative estimate of drug-likeness (QED) is 0.834. The van der Waals surface area contributed by atoms with Crippen LogP contribution >= 0.6 is 15.9 Å². The number of halogens is 1. The van der Waals surface area contributed by atoms with E-state index < -0.39 is 5.97 Å². The van der Waals surface area contributed by atoms with Crippen LogP contribution in [0.2, 0.25) is 0 Å². The second-order valence-electron chi connectivity index (χ2n) is 4.32. The molecule has 106 valence electrons. The predicted octanol–water partition coefficient (Wildman–Crippen LogP) is 2.35. The van der Waals surface area contributed by atoms with E-state index in [4.69, 9.17) is 15.6 Å². The number of aromatic nitrogens is 2. The number of carboxylic acids is 1. The molecule has 0 aliphatic heterocycles. The minimum absolute atomic E-state index is 0.134. The van der Waals surface area contributed by atoms with Crippen LogP contribution in [0.25, 0.3) is 0 Å². The number of ether oxygens (including phenoxy) is 1. The number of hydrogen-bond donors (Lipinski definition) is 2. The maximum atomic E-state index is 10.9. The molecule has 1 aromatic heterocycles. The third-order valence-corrected chi connectivity index (χ3v) is 3.92. The molecule has 2 aromatic rings. The van der Waals surface area contributed by atoms with E-state index in [1.54, 1.807) is 4.68 Å². The molecule has 0 amide bonds. The van der Waals surface area contributed by atoms with E-state index in [1.165, 1.54) is 18.2 Å². The lowest BCUT2D eigenvalue weighted by Gasteiger charge is -2.10. The van der Waals surface area contributed by atoms with Gasteiger partial charge in [-0.15, -0.1) is 0 Å². The summed E-state index contributed by atoms with van der Waals surface area (Å²) in [5.74, 6) is -0.678. The van der Waals surface area contributed by atoms with Gasteiger partial charge in [-0.05, 0) is 41.1 Å². The van der Waals surface area contributed by atoms with Crippen molar-refractivity contribution in [1.29, 1.82) is 0 Å². The molecule has 0 bridgehead atoms. The molecule has 0 saturated carbocycles. The van der Waals surface area contributed by atoms with Crippen molar-refractivity contribution in [2.45, 2.75) is 13.5 Å². The normalized spacial score (nSPS) is 10.6. The summed E-state index contributed by atoms with van der Waals surface area (Å²) in [5, 5.41) is 13.2. The topological polar surface area (TPSA) is 90.4 Å². The van der Waals surface area contributed by atoms with Crippen LogP contribution in [0.5, 0.6) is 5.75 Å². The van der Waals surface area contributed by atoms with Crippen molar-refractivity contribution in [3.8, 4) is 5.75 Å². The fraction of sp³-hybridized carbons (Fsp3) is 0.231. The molecule has 0 radical (unpaired) electrons. The number of anilines is 1. The van der Waals surface area contributed by atoms with Crippen LogP contribution in [0.15, 0.2) is 22.7 Å². The summed E-state index contributed by atoms with van der Waals surface area (Å²) in [6.07, 6.45) is 0. The van der Waals surface area contributed by atoms with E-state index >= 15 is 0 Å². The predicted molar refractivity (Wildman–Crippen MR) is 77.8 cm³/mol. The number of nitrogens with zero attached hydrogens (tertiary/aromatic N) is 2. The number of hydrogen-bond acceptors (Lipinski definition) is 4. The lowest BCUT2D eigenvalue weighted by molar-refractivity contribution is 0.0696. The smallest absolute Gasteiger partial charge is 0.335 e. The van der Waals surface area contributed by atoms with Gasteiger partial charge in [0.05, 0.1) is 27.1 Å². The van der Waals surface area contributed by atoms with Gasteiger partial charge in [0, 0.05) is 7.05 Å². The molecule has 0 fully saturated rings. The van der Waals surface area contributed by atoms with Crippen LogP contribution in [0.3, 0.4) is 0 Å². The van der Waals surface area contributed by atoms with Crippen molar-refractivity contribution in [1.82, 2.24) is 9.78 Å². The lowest BCUT2D eigenvalue weighted by Crippen LogP contribution is -2.06. The summed E-state index contributed by atoms with van der Waals surface area (Å²) >= 11 is 3.44. The van der Waals surface area contributed by atoms with Crippen LogP contribution < -0.4 is 10.5 Å². The van der Waals surface area contributed by atoms with Crippen LogP contribution in [0.1, 0.15) is 21.7 Å². The maximum Gasteiger partial charge on any atom is 0.335 e. The summed E-state index contributed by atoms with van der Waals surface area (Å²) in [4.78, 5) is 10.9. The van der Waals surface area contributed by atoms with Crippen molar-refractivity contribution in [2.75, 3.05) is 5.73 Å². The van der Waals surface area contributed by atoms with Crippen LogP contribution in [0, 0.1) is 6.92 Å². The van der Waals surface area contributed by atoms with Gasteiger partial charge in [-0.3, -0.25) is 4.68 Å². The summed E-state index contributed by atoms with van der Waals surface area (Å²) in [6, 6.07) is 4.37. The van der Waals surface area contributed by atoms with Gasteiger partial charge in [-0.1, -0.05) is 0 Å². The minimum Gasteiger partial charge on any atom is -0.485 e. The Morgan fingerprint density at radius 3 is 2.80 bits per heavy atom. The van der Waals surface area contributed by atoms with Gasteiger partial charge < -0.3 is 15.6 Å². The van der Waals surface area contributed by atoms with Gasteiger partial charge in [0.15, 0.2) is 0 Å². The molecule has 7 heteroatoms. The molecule has 3 N–H and O–H groups in total. The first-order chi connectivity index (χ1) is 9.40. The maximum absolute atomic E-state index is 10.9. The van der Waals surface area contributed by atoms with Gasteiger partial charge in [-0.2, -0.15) is 5.10 Å². The van der Waals surface area contributed by atoms with E-state index in [2.05, 4.69) is 21.0 Å². The van der Waals surface area contributed by atoms with E-state index in [0.29, 0.717) is 11.4 Å². The van der Waals surface area contributed by atoms with Crippen molar-refractivity contribution in [2.24, 2.45) is 7.05 Å². The highest BCUT2D eigenvalue weighted by Crippen LogP contribution is 2.26. The number of carbonyl (C=O) groups is 1. The number of aromatic carboxylic acids is 1. The Morgan fingerprint density at radius 2 is 2.25 bits per heavy atom. The molecule has 2 rings (SSSR count). The second kappa shape index (κ2) is 5.54. The summed E-state index contributed by atoms with van der Waals surface area (Å²) in [7, 11) is 1.81. The summed E-state index contributed by atoms with van der Waals surface area (Å²) in [6.45, 7) is 2.12. The molecule has 0 saturated heterocycles. The Hall–Kier alpha value is -2.02. The standard InChI is InChI=1S/C13H14BrN3O3/c1-7-12(14)10(17(2)16-7)6-20-11-5-8(13(18)19)3-4-9(11)15/h3-5H,6,15H2,1-2H3,(H,18,19). The fourth-order valence-corrected chi connectivity index (χ4v) is 2.23. The minimum atomic E-state index is -1.02. The van der Waals surface area contributed by atoms with Gasteiger partial charge in [0.25, 0.3) is 0 Å². The highest BCUT2D eigenvalue weighted by Gasteiger charge is 2.13. The molecule has 0 spiro atoms. The fourth-order valence-electron chi connectivity index (χ4n) is 1.78. The van der Waals surface area contributed by atoms with E-state index in [9.17, 15) is 4.79 Å². The number of nitrogens with two attached hydrogens (primary N) is 1. The molecule has 6 nitrogen and oxygen atoms in total. The van der Waals surface area contributed by atoms with Crippen LogP contribution in [-0.4, -0.2) is 20.9 Å². The Balaban J connectivity index is 2.22. The molecular formula is C13H14BrN3O3. The average molecular weight is 340 g/mol. The van der Waals surface area contributed by atoms with Gasteiger partial charge in [-0.25, -0.2) is 4.79 Å². The monoisotopic (exact) mass is 339 g/mol. The molecule has 1 heterocycles. The Kier molecular flexibility index (Phi) is 3.99. The third-order valence-electron chi connectivity index (χ3n) is 2.89. The van der Waals surface area contributed by atoms with Crippen LogP contribution in [0.4, 0.5) is 5.69 Å². The highest BCUT2D eigenvalue weighted by atomic mass is 79.9. The first-order valence-electron chi connectivity index (χ1n) is 5.83. The van der Waals surface area contributed by atoms with Gasteiger partial charge in [0.2, 0.25) is 0 Å². The first-order valence-corrected chi connectivity index (χ1v) is 6.63. The Labute approximate surface area is 124 Å². The Bertz CT molecular complexity index is 667. The Morgan fingerprint density at radius 1 is 1.55 bits per heavy atom. The molecule has 0 atom stereocenters. The van der Waals surface area contributed by atoms with E-state index in [0.717, 1.165) is 15.9 Å². The van der Waals surface area contributed by atoms with Gasteiger partial charge in [0.1, 0.15) is 12.4 Å². The van der Waals surface area contributed by atoms with Crippen molar-refractivity contribution < 1.29 is 14.6 Å². The lowest BCUT2D eigenvalue weighted by atomic mass is 10.2. The number of rotatable bonds is 4. The second-order valence-corrected chi connectivity index (χ2v) is 5.11. The molecular weight excluding hydrogens is 326 g/mol.